The molecular formula is C9H8ClN5O3S. The Kier molecular flexibility index (Phi) is 4.44. The van der Waals surface area contributed by atoms with E-state index in [0.717, 1.165) is 6.07 Å². The normalized spacial score (nSPS) is 11.7. The Morgan fingerprint density at radius 2 is 2.21 bits per heavy atom. The second-order valence-electron chi connectivity index (χ2n) is 3.21. The molecule has 0 heterocycles. The van der Waals surface area contributed by atoms with Crippen molar-refractivity contribution in [3.05, 3.63) is 23.2 Å². The second kappa shape index (κ2) is 5.66. The summed E-state index contributed by atoms with van der Waals surface area (Å²) in [5, 5.41) is 19.2. The van der Waals surface area contributed by atoms with Gasteiger partial charge in [0.1, 0.15) is 11.0 Å². The number of hydrogen-bond acceptors (Lipinski definition) is 6. The number of nitrogens with zero attached hydrogens (tertiary/aromatic N) is 2. The topological polar surface area (TPSA) is 152 Å². The zero-order valence-electron chi connectivity index (χ0n) is 9.25. The van der Waals surface area contributed by atoms with Crippen molar-refractivity contribution in [2.75, 3.05) is 5.43 Å². The maximum atomic E-state index is 11.1. The second-order valence-corrected chi connectivity index (χ2v) is 5.04. The number of halogens is 1. The highest BCUT2D eigenvalue weighted by atomic mass is 35.5. The van der Waals surface area contributed by atoms with Crippen molar-refractivity contribution in [3.63, 3.8) is 0 Å². The highest BCUT2D eigenvalue weighted by molar-refractivity contribution is 7.86. The summed E-state index contributed by atoms with van der Waals surface area (Å²) in [4.78, 5) is -0.510. The van der Waals surface area contributed by atoms with Gasteiger partial charge in [0.15, 0.2) is 5.84 Å². The van der Waals surface area contributed by atoms with E-state index in [1.54, 1.807) is 6.07 Å². The van der Waals surface area contributed by atoms with Crippen molar-refractivity contribution in [2.24, 2.45) is 10.8 Å². The van der Waals surface area contributed by atoms with E-state index in [9.17, 15) is 8.42 Å². The Balaban J connectivity index is 3.24. The molecule has 0 spiro atoms. The van der Waals surface area contributed by atoms with Gasteiger partial charge in [-0.2, -0.15) is 18.8 Å². The number of hydrazone groups is 1. The Bertz CT molecular complexity index is 692. The van der Waals surface area contributed by atoms with E-state index in [-0.39, 0.29) is 10.7 Å². The third-order valence-corrected chi connectivity index (χ3v) is 3.00. The average molecular weight is 302 g/mol. The number of hydrogen-bond donors (Lipinski definition) is 4. The fourth-order valence-electron chi connectivity index (χ4n) is 1.06. The van der Waals surface area contributed by atoms with E-state index in [4.69, 9.17) is 32.6 Å². The molecule has 5 N–H and O–H groups in total. The fraction of sp³-hybridized carbons (Fsp3) is 0. The van der Waals surface area contributed by atoms with Crippen LogP contribution in [-0.2, 0) is 10.1 Å². The van der Waals surface area contributed by atoms with E-state index in [2.05, 4.69) is 10.5 Å². The number of anilines is 1. The molecule has 0 saturated carbocycles. The minimum Gasteiger partial charge on any atom is -0.382 e. The number of benzene rings is 1. The average Bonchev–Trinajstić information content (AvgIpc) is 2.29. The predicted molar refractivity (Wildman–Crippen MR) is 69.9 cm³/mol. The smallest absolute Gasteiger partial charge is 0.296 e. The molecule has 0 bridgehead atoms. The monoisotopic (exact) mass is 301 g/mol. The first-order valence-electron chi connectivity index (χ1n) is 4.61. The summed E-state index contributed by atoms with van der Waals surface area (Å²) < 4.78 is 31.3. The van der Waals surface area contributed by atoms with Gasteiger partial charge in [-0.15, -0.1) is 0 Å². The molecule has 0 fully saturated rings. The zero-order chi connectivity index (χ0) is 14.6. The summed E-state index contributed by atoms with van der Waals surface area (Å²) in [6.45, 7) is 0. The lowest BCUT2D eigenvalue weighted by atomic mass is 10.3. The molecule has 1 aromatic rings. The van der Waals surface area contributed by atoms with Crippen LogP contribution >= 0.6 is 11.6 Å². The molecule has 10 heteroatoms. The van der Waals surface area contributed by atoms with Crippen LogP contribution in [0.2, 0.25) is 5.02 Å². The van der Waals surface area contributed by atoms with E-state index >= 15 is 0 Å². The van der Waals surface area contributed by atoms with Gasteiger partial charge in [0.25, 0.3) is 10.1 Å². The van der Waals surface area contributed by atoms with Gasteiger partial charge in [-0.3, -0.25) is 15.4 Å². The maximum Gasteiger partial charge on any atom is 0.296 e. The number of nitrogens with one attached hydrogen (secondary N) is 2. The van der Waals surface area contributed by atoms with E-state index in [1.807, 2.05) is 0 Å². The van der Waals surface area contributed by atoms with Crippen LogP contribution in [0.5, 0.6) is 0 Å². The molecule has 0 radical (unpaired) electrons. The minimum absolute atomic E-state index is 0.0919. The van der Waals surface area contributed by atoms with Gasteiger partial charge in [0.2, 0.25) is 5.71 Å². The van der Waals surface area contributed by atoms with Crippen LogP contribution in [0.25, 0.3) is 0 Å². The van der Waals surface area contributed by atoms with Crippen molar-refractivity contribution in [1.82, 2.24) is 0 Å². The molecule has 0 unspecified atom stereocenters. The van der Waals surface area contributed by atoms with Gasteiger partial charge >= 0.3 is 0 Å². The molecule has 1 aromatic carbocycles. The molecule has 0 aromatic heterocycles. The first-order valence-corrected chi connectivity index (χ1v) is 6.42. The minimum atomic E-state index is -4.51. The van der Waals surface area contributed by atoms with Crippen LogP contribution in [0.3, 0.4) is 0 Å². The summed E-state index contributed by atoms with van der Waals surface area (Å²) in [5.41, 5.74) is 6.74. The summed E-state index contributed by atoms with van der Waals surface area (Å²) in [7, 11) is -4.51. The standard InChI is InChI=1S/C9H8ClN5O3S/c10-5-1-2-6(8(3-5)19(16,17)18)14-15-7(4-11)9(12)13/h1-3,14H,(H3,12,13)(H,16,17,18)/b15-7+. The van der Waals surface area contributed by atoms with Gasteiger partial charge in [0.05, 0.1) is 5.69 Å². The number of nitriles is 1. The van der Waals surface area contributed by atoms with Gasteiger partial charge in [0, 0.05) is 5.02 Å². The highest BCUT2D eigenvalue weighted by Gasteiger charge is 2.16. The summed E-state index contributed by atoms with van der Waals surface area (Å²) in [6, 6.07) is 5.14. The lowest BCUT2D eigenvalue weighted by Gasteiger charge is -2.06. The van der Waals surface area contributed by atoms with Gasteiger partial charge in [-0.05, 0) is 18.2 Å². The molecule has 0 aliphatic rings. The summed E-state index contributed by atoms with van der Waals surface area (Å²) in [5.74, 6) is -0.586. The number of nitrogens with two attached hydrogens (primary N) is 1. The van der Waals surface area contributed by atoms with Crippen LogP contribution in [0.4, 0.5) is 5.69 Å². The molecule has 0 amide bonds. The SMILES string of the molecule is N#C/C(=N\Nc1ccc(Cl)cc1S(=O)(=O)O)C(=N)N. The molecule has 0 aliphatic heterocycles. The van der Waals surface area contributed by atoms with Crippen LogP contribution in [0.15, 0.2) is 28.2 Å². The lowest BCUT2D eigenvalue weighted by Crippen LogP contribution is -2.22. The highest BCUT2D eigenvalue weighted by Crippen LogP contribution is 2.24. The molecule has 0 aliphatic carbocycles. The van der Waals surface area contributed by atoms with Crippen LogP contribution in [0.1, 0.15) is 0 Å². The molecule has 0 atom stereocenters. The first-order chi connectivity index (χ1) is 8.75. The molecule has 0 saturated heterocycles. The summed E-state index contributed by atoms with van der Waals surface area (Å²) >= 11 is 5.62. The zero-order valence-corrected chi connectivity index (χ0v) is 10.8. The Hall–Kier alpha value is -2.15. The Morgan fingerprint density at radius 3 is 2.68 bits per heavy atom. The molecule has 100 valence electrons. The van der Waals surface area contributed by atoms with Crippen molar-refractivity contribution >= 4 is 39.0 Å². The lowest BCUT2D eigenvalue weighted by molar-refractivity contribution is 0.483. The molecule has 1 rings (SSSR count). The molecule has 19 heavy (non-hydrogen) atoms. The van der Waals surface area contributed by atoms with Crippen molar-refractivity contribution in [1.29, 1.82) is 10.7 Å². The van der Waals surface area contributed by atoms with Gasteiger partial charge in [-0.25, -0.2) is 0 Å². The molecular weight excluding hydrogens is 294 g/mol. The fourth-order valence-corrected chi connectivity index (χ4v) is 1.97. The van der Waals surface area contributed by atoms with E-state index in [0.29, 0.717) is 0 Å². The van der Waals surface area contributed by atoms with Gasteiger partial charge < -0.3 is 5.73 Å². The van der Waals surface area contributed by atoms with Crippen molar-refractivity contribution < 1.29 is 13.0 Å². The van der Waals surface area contributed by atoms with Crippen molar-refractivity contribution in [2.45, 2.75) is 4.90 Å². The third kappa shape index (κ3) is 3.92. The maximum absolute atomic E-state index is 11.1. The summed E-state index contributed by atoms with van der Waals surface area (Å²) in [6.07, 6.45) is 0. The Labute approximate surface area is 113 Å². The number of amidine groups is 1. The van der Waals surface area contributed by atoms with E-state index in [1.165, 1.54) is 12.1 Å². The first kappa shape index (κ1) is 14.9. The largest absolute Gasteiger partial charge is 0.382 e. The van der Waals surface area contributed by atoms with Crippen LogP contribution < -0.4 is 11.2 Å². The quantitative estimate of drug-likeness (QED) is 0.279. The third-order valence-electron chi connectivity index (χ3n) is 1.87. The Morgan fingerprint density at radius 1 is 1.58 bits per heavy atom. The molecule has 8 nitrogen and oxygen atoms in total. The van der Waals surface area contributed by atoms with Gasteiger partial charge in [-0.1, -0.05) is 11.6 Å². The van der Waals surface area contributed by atoms with Crippen LogP contribution in [0, 0.1) is 16.7 Å². The predicted octanol–water partition coefficient (Wildman–Crippen LogP) is 0.814. The van der Waals surface area contributed by atoms with E-state index < -0.39 is 26.6 Å². The number of rotatable bonds is 4. The van der Waals surface area contributed by atoms with Crippen molar-refractivity contribution in [3.8, 4) is 6.07 Å². The van der Waals surface area contributed by atoms with Crippen LogP contribution in [-0.4, -0.2) is 24.5 Å².